The van der Waals surface area contributed by atoms with E-state index in [-0.39, 0.29) is 12.0 Å². The van der Waals surface area contributed by atoms with Gasteiger partial charge in [0.1, 0.15) is 5.82 Å². The summed E-state index contributed by atoms with van der Waals surface area (Å²) in [6.45, 7) is 7.29. The molecule has 3 nitrogen and oxygen atoms in total. The zero-order chi connectivity index (χ0) is 11.3. The number of hydrogen-bond donors (Lipinski definition) is 2. The van der Waals surface area contributed by atoms with Crippen LogP contribution < -0.4 is 5.32 Å². The Labute approximate surface area is 91.5 Å². The predicted octanol–water partition coefficient (Wildman–Crippen LogP) is 2.21. The lowest BCUT2D eigenvalue weighted by Crippen LogP contribution is -2.24. The van der Waals surface area contributed by atoms with Crippen molar-refractivity contribution in [1.82, 2.24) is 4.98 Å². The van der Waals surface area contributed by atoms with Crippen LogP contribution in [0, 0.1) is 12.3 Å². The van der Waals surface area contributed by atoms with E-state index in [9.17, 15) is 0 Å². The van der Waals surface area contributed by atoms with Crippen molar-refractivity contribution in [2.75, 3.05) is 18.5 Å². The third-order valence-corrected chi connectivity index (χ3v) is 2.42. The number of rotatable bonds is 5. The number of nitrogens with one attached hydrogen (secondary N) is 1. The third-order valence-electron chi connectivity index (χ3n) is 2.42. The van der Waals surface area contributed by atoms with Gasteiger partial charge in [-0.3, -0.25) is 0 Å². The summed E-state index contributed by atoms with van der Waals surface area (Å²) >= 11 is 0. The first-order valence-electron chi connectivity index (χ1n) is 5.32. The Balaban J connectivity index is 2.49. The van der Waals surface area contributed by atoms with Gasteiger partial charge in [-0.25, -0.2) is 4.98 Å². The van der Waals surface area contributed by atoms with Crippen LogP contribution in [-0.4, -0.2) is 23.2 Å². The standard InChI is InChI=1S/C12H20N2O/c1-10-5-4-6-11(14-10)13-9-12(2,3)7-8-15/h4-6,15H,7-9H2,1-3H3,(H,13,14). The molecule has 0 atom stereocenters. The highest BCUT2D eigenvalue weighted by molar-refractivity contribution is 5.35. The Bertz CT molecular complexity index is 310. The molecular weight excluding hydrogens is 188 g/mol. The Morgan fingerprint density at radius 3 is 2.73 bits per heavy atom. The normalized spacial score (nSPS) is 11.5. The van der Waals surface area contributed by atoms with E-state index in [1.165, 1.54) is 0 Å². The van der Waals surface area contributed by atoms with E-state index in [0.717, 1.165) is 24.5 Å². The molecule has 0 amide bonds. The van der Waals surface area contributed by atoms with E-state index in [4.69, 9.17) is 5.11 Å². The molecule has 0 bridgehead atoms. The summed E-state index contributed by atoms with van der Waals surface area (Å²) in [6, 6.07) is 5.93. The van der Waals surface area contributed by atoms with Crippen molar-refractivity contribution < 1.29 is 5.11 Å². The van der Waals surface area contributed by atoms with Gasteiger partial charge in [0, 0.05) is 18.8 Å². The minimum atomic E-state index is 0.0974. The number of hydrogen-bond acceptors (Lipinski definition) is 3. The maximum Gasteiger partial charge on any atom is 0.126 e. The van der Waals surface area contributed by atoms with Gasteiger partial charge < -0.3 is 10.4 Å². The number of aromatic nitrogens is 1. The molecule has 15 heavy (non-hydrogen) atoms. The Morgan fingerprint density at radius 2 is 2.13 bits per heavy atom. The summed E-state index contributed by atoms with van der Waals surface area (Å²) < 4.78 is 0. The second kappa shape index (κ2) is 5.12. The van der Waals surface area contributed by atoms with Crippen LogP contribution in [0.3, 0.4) is 0 Å². The molecule has 0 unspecified atom stereocenters. The van der Waals surface area contributed by atoms with Crippen molar-refractivity contribution in [3.8, 4) is 0 Å². The number of nitrogens with zero attached hydrogens (tertiary/aromatic N) is 1. The van der Waals surface area contributed by atoms with Crippen LogP contribution in [0.15, 0.2) is 18.2 Å². The molecule has 1 aromatic heterocycles. The van der Waals surface area contributed by atoms with E-state index in [0.29, 0.717) is 0 Å². The van der Waals surface area contributed by atoms with E-state index >= 15 is 0 Å². The summed E-state index contributed by atoms with van der Waals surface area (Å²) in [6.07, 6.45) is 0.797. The highest BCUT2D eigenvalue weighted by Gasteiger charge is 2.16. The largest absolute Gasteiger partial charge is 0.396 e. The van der Waals surface area contributed by atoms with Crippen molar-refractivity contribution in [3.63, 3.8) is 0 Å². The molecule has 0 aliphatic carbocycles. The van der Waals surface area contributed by atoms with Crippen LogP contribution in [0.25, 0.3) is 0 Å². The second-order valence-electron chi connectivity index (χ2n) is 4.66. The fourth-order valence-electron chi connectivity index (χ4n) is 1.36. The van der Waals surface area contributed by atoms with Gasteiger partial charge >= 0.3 is 0 Å². The van der Waals surface area contributed by atoms with Gasteiger partial charge in [0.25, 0.3) is 0 Å². The van der Waals surface area contributed by atoms with Gasteiger partial charge in [-0.05, 0) is 30.9 Å². The maximum atomic E-state index is 8.90. The quantitative estimate of drug-likeness (QED) is 0.779. The second-order valence-corrected chi connectivity index (χ2v) is 4.66. The highest BCUT2D eigenvalue weighted by atomic mass is 16.3. The number of pyridine rings is 1. The van der Waals surface area contributed by atoms with Gasteiger partial charge in [0.05, 0.1) is 0 Å². The number of aliphatic hydroxyl groups excluding tert-OH is 1. The van der Waals surface area contributed by atoms with E-state index < -0.39 is 0 Å². The molecular formula is C12H20N2O. The van der Waals surface area contributed by atoms with Gasteiger partial charge in [-0.2, -0.15) is 0 Å². The molecule has 0 aromatic carbocycles. The lowest BCUT2D eigenvalue weighted by atomic mass is 9.90. The lowest BCUT2D eigenvalue weighted by Gasteiger charge is -2.24. The fourth-order valence-corrected chi connectivity index (χ4v) is 1.36. The molecule has 1 heterocycles. The third kappa shape index (κ3) is 4.30. The van der Waals surface area contributed by atoms with Crippen molar-refractivity contribution in [3.05, 3.63) is 23.9 Å². The molecule has 0 fully saturated rings. The van der Waals surface area contributed by atoms with Crippen LogP contribution in [-0.2, 0) is 0 Å². The summed E-state index contributed by atoms with van der Waals surface area (Å²) in [5.74, 6) is 0.904. The molecule has 1 aromatic rings. The minimum Gasteiger partial charge on any atom is -0.396 e. The zero-order valence-electron chi connectivity index (χ0n) is 9.75. The fraction of sp³-hybridized carbons (Fsp3) is 0.583. The van der Waals surface area contributed by atoms with Crippen LogP contribution in [0.2, 0.25) is 0 Å². The SMILES string of the molecule is Cc1cccc(NCC(C)(C)CCO)n1. The maximum absolute atomic E-state index is 8.90. The van der Waals surface area contributed by atoms with Gasteiger partial charge in [0.2, 0.25) is 0 Å². The Hall–Kier alpha value is -1.09. The summed E-state index contributed by atoms with van der Waals surface area (Å²) in [7, 11) is 0. The van der Waals surface area contributed by atoms with Gasteiger partial charge in [-0.15, -0.1) is 0 Å². The van der Waals surface area contributed by atoms with Crippen molar-refractivity contribution >= 4 is 5.82 Å². The summed E-state index contributed by atoms with van der Waals surface area (Å²) in [5.41, 5.74) is 1.11. The van der Waals surface area contributed by atoms with E-state index in [1.54, 1.807) is 0 Å². The van der Waals surface area contributed by atoms with Crippen LogP contribution in [0.1, 0.15) is 26.0 Å². The molecule has 0 radical (unpaired) electrons. The lowest BCUT2D eigenvalue weighted by molar-refractivity contribution is 0.220. The molecule has 0 saturated heterocycles. The average molecular weight is 208 g/mol. The molecule has 0 saturated carbocycles. The number of aryl methyl sites for hydroxylation is 1. The van der Waals surface area contributed by atoms with Crippen molar-refractivity contribution in [1.29, 1.82) is 0 Å². The zero-order valence-corrected chi connectivity index (χ0v) is 9.75. The predicted molar refractivity (Wildman–Crippen MR) is 62.9 cm³/mol. The van der Waals surface area contributed by atoms with Gasteiger partial charge in [0.15, 0.2) is 0 Å². The van der Waals surface area contributed by atoms with Crippen LogP contribution >= 0.6 is 0 Å². The highest BCUT2D eigenvalue weighted by Crippen LogP contribution is 2.20. The molecule has 2 N–H and O–H groups in total. The molecule has 3 heteroatoms. The molecule has 84 valence electrons. The number of anilines is 1. The van der Waals surface area contributed by atoms with Crippen LogP contribution in [0.5, 0.6) is 0 Å². The van der Waals surface area contributed by atoms with Gasteiger partial charge in [-0.1, -0.05) is 19.9 Å². The summed E-state index contributed by atoms with van der Waals surface area (Å²) in [5, 5.41) is 12.2. The van der Waals surface area contributed by atoms with E-state index in [2.05, 4.69) is 24.1 Å². The van der Waals surface area contributed by atoms with Crippen molar-refractivity contribution in [2.24, 2.45) is 5.41 Å². The molecule has 0 aliphatic rings. The summed E-state index contributed by atoms with van der Waals surface area (Å²) in [4.78, 5) is 4.36. The van der Waals surface area contributed by atoms with Crippen molar-refractivity contribution in [2.45, 2.75) is 27.2 Å². The first kappa shape index (κ1) is 12.0. The Kier molecular flexibility index (Phi) is 4.09. The first-order chi connectivity index (χ1) is 7.03. The van der Waals surface area contributed by atoms with Crippen LogP contribution in [0.4, 0.5) is 5.82 Å². The number of aliphatic hydroxyl groups is 1. The average Bonchev–Trinajstić information content (AvgIpc) is 2.15. The molecule has 1 rings (SSSR count). The molecule has 0 spiro atoms. The minimum absolute atomic E-state index is 0.0974. The first-order valence-corrected chi connectivity index (χ1v) is 5.32. The Morgan fingerprint density at radius 1 is 1.40 bits per heavy atom. The topological polar surface area (TPSA) is 45.1 Å². The smallest absolute Gasteiger partial charge is 0.126 e. The monoisotopic (exact) mass is 208 g/mol. The molecule has 0 aliphatic heterocycles. The van der Waals surface area contributed by atoms with E-state index in [1.807, 2.05) is 25.1 Å².